The summed E-state index contributed by atoms with van der Waals surface area (Å²) >= 11 is 0. The van der Waals surface area contributed by atoms with Crippen LogP contribution in [0.25, 0.3) is 0 Å². The Hall–Kier alpha value is -3.09. The van der Waals surface area contributed by atoms with Gasteiger partial charge in [0.25, 0.3) is 0 Å². The van der Waals surface area contributed by atoms with Crippen molar-refractivity contribution in [3.8, 4) is 23.0 Å². The summed E-state index contributed by atoms with van der Waals surface area (Å²) < 4.78 is 21.2. The van der Waals surface area contributed by atoms with Crippen molar-refractivity contribution in [2.75, 3.05) is 26.3 Å². The van der Waals surface area contributed by atoms with Gasteiger partial charge in [-0.25, -0.2) is 4.79 Å². The molecule has 0 atom stereocenters. The highest BCUT2D eigenvalue weighted by molar-refractivity contribution is 5.90. The summed E-state index contributed by atoms with van der Waals surface area (Å²) in [6.07, 6.45) is 0. The van der Waals surface area contributed by atoms with E-state index in [1.807, 2.05) is 32.0 Å². The Labute approximate surface area is 152 Å². The molecular weight excluding hydrogens is 336 g/mol. The fourth-order valence-electron chi connectivity index (χ4n) is 2.72. The normalized spacial score (nSPS) is 12.5. The van der Waals surface area contributed by atoms with Gasteiger partial charge in [0.15, 0.2) is 23.0 Å². The van der Waals surface area contributed by atoms with Crippen LogP contribution in [0.15, 0.2) is 36.4 Å². The zero-order valence-corrected chi connectivity index (χ0v) is 15.2. The number of carbonyl (C=O) groups excluding carboxylic acids is 1. The van der Waals surface area contributed by atoms with E-state index >= 15 is 0 Å². The molecule has 0 aliphatic carbocycles. The van der Waals surface area contributed by atoms with Gasteiger partial charge in [0, 0.05) is 11.8 Å². The highest BCUT2D eigenvalue weighted by Gasteiger charge is 2.25. The third kappa shape index (κ3) is 3.61. The number of rotatable bonds is 5. The van der Waals surface area contributed by atoms with Crippen molar-refractivity contribution in [1.29, 1.82) is 0 Å². The lowest BCUT2D eigenvalue weighted by atomic mass is 9.94. The minimum absolute atomic E-state index is 0.192. The van der Waals surface area contributed by atoms with Gasteiger partial charge < -0.3 is 29.6 Å². The minimum atomic E-state index is -0.625. The molecule has 0 fully saturated rings. The van der Waals surface area contributed by atoms with Crippen molar-refractivity contribution < 1.29 is 23.7 Å². The standard InChI is InChI=1S/C19H22N2O5/c1-19(2,12-5-7-14(23-3)16(9-12)24-4)21-18(22)20-13-6-8-15-17(10-13)26-11-25-15/h5-10H,11H2,1-4H3,(H2,20,21,22). The molecule has 7 heteroatoms. The van der Waals surface area contributed by atoms with E-state index in [2.05, 4.69) is 10.6 Å². The average Bonchev–Trinajstić information content (AvgIpc) is 3.08. The highest BCUT2D eigenvalue weighted by Crippen LogP contribution is 2.35. The Balaban J connectivity index is 1.71. The SMILES string of the molecule is COc1ccc(C(C)(C)NC(=O)Nc2ccc3c(c2)OCO3)cc1OC. The van der Waals surface area contributed by atoms with Crippen LogP contribution in [0.1, 0.15) is 19.4 Å². The van der Waals surface area contributed by atoms with E-state index in [0.717, 1.165) is 5.56 Å². The largest absolute Gasteiger partial charge is 0.493 e. The minimum Gasteiger partial charge on any atom is -0.493 e. The molecule has 2 aromatic rings. The average molecular weight is 358 g/mol. The third-order valence-corrected chi connectivity index (χ3v) is 4.16. The Morgan fingerprint density at radius 1 is 1.00 bits per heavy atom. The molecule has 0 aromatic heterocycles. The summed E-state index contributed by atoms with van der Waals surface area (Å²) in [5.74, 6) is 2.52. The van der Waals surface area contributed by atoms with Crippen LogP contribution < -0.4 is 29.6 Å². The number of carbonyl (C=O) groups is 1. The molecule has 2 N–H and O–H groups in total. The van der Waals surface area contributed by atoms with Gasteiger partial charge in [0.2, 0.25) is 6.79 Å². The van der Waals surface area contributed by atoms with Gasteiger partial charge in [-0.1, -0.05) is 6.07 Å². The number of benzene rings is 2. The van der Waals surface area contributed by atoms with E-state index in [0.29, 0.717) is 28.7 Å². The second-order valence-corrected chi connectivity index (χ2v) is 6.34. The van der Waals surface area contributed by atoms with Crippen LogP contribution in [-0.2, 0) is 5.54 Å². The number of amides is 2. The number of ether oxygens (including phenoxy) is 4. The van der Waals surface area contributed by atoms with Crippen LogP contribution in [0.3, 0.4) is 0 Å². The van der Waals surface area contributed by atoms with E-state index in [1.54, 1.807) is 32.4 Å². The molecule has 7 nitrogen and oxygen atoms in total. The molecule has 0 spiro atoms. The first-order chi connectivity index (χ1) is 12.4. The number of urea groups is 1. The monoisotopic (exact) mass is 358 g/mol. The Morgan fingerprint density at radius 2 is 1.73 bits per heavy atom. The third-order valence-electron chi connectivity index (χ3n) is 4.16. The fourth-order valence-corrected chi connectivity index (χ4v) is 2.72. The van der Waals surface area contributed by atoms with Crippen molar-refractivity contribution in [2.24, 2.45) is 0 Å². The number of hydrogen-bond acceptors (Lipinski definition) is 5. The van der Waals surface area contributed by atoms with Crippen LogP contribution in [0.5, 0.6) is 23.0 Å². The van der Waals surface area contributed by atoms with E-state index in [-0.39, 0.29) is 12.8 Å². The summed E-state index contributed by atoms with van der Waals surface area (Å²) in [7, 11) is 3.16. The van der Waals surface area contributed by atoms with E-state index in [9.17, 15) is 4.79 Å². The topological polar surface area (TPSA) is 78.1 Å². The lowest BCUT2D eigenvalue weighted by Crippen LogP contribution is -2.43. The maximum Gasteiger partial charge on any atom is 0.319 e. The summed E-state index contributed by atoms with van der Waals surface area (Å²) in [5, 5.41) is 5.77. The highest BCUT2D eigenvalue weighted by atomic mass is 16.7. The van der Waals surface area contributed by atoms with Gasteiger partial charge in [-0.05, 0) is 43.7 Å². The summed E-state index contributed by atoms with van der Waals surface area (Å²) in [4.78, 5) is 12.4. The van der Waals surface area contributed by atoms with Gasteiger partial charge >= 0.3 is 6.03 Å². The molecule has 0 saturated carbocycles. The number of methoxy groups -OCH3 is 2. The van der Waals surface area contributed by atoms with Gasteiger partial charge in [0.1, 0.15) is 0 Å². The van der Waals surface area contributed by atoms with Crippen molar-refractivity contribution in [3.05, 3.63) is 42.0 Å². The smallest absolute Gasteiger partial charge is 0.319 e. The molecule has 0 radical (unpaired) electrons. The van der Waals surface area contributed by atoms with Crippen LogP contribution in [0.2, 0.25) is 0 Å². The summed E-state index contributed by atoms with van der Waals surface area (Å²) in [6.45, 7) is 4.01. The number of fused-ring (bicyclic) bond motifs is 1. The number of nitrogens with one attached hydrogen (secondary N) is 2. The first-order valence-corrected chi connectivity index (χ1v) is 8.14. The zero-order valence-electron chi connectivity index (χ0n) is 15.2. The van der Waals surface area contributed by atoms with Gasteiger partial charge in [0.05, 0.1) is 19.8 Å². The maximum atomic E-state index is 12.4. The molecule has 1 aliphatic rings. The van der Waals surface area contributed by atoms with Crippen molar-refractivity contribution in [1.82, 2.24) is 5.32 Å². The predicted molar refractivity (Wildman–Crippen MR) is 97.3 cm³/mol. The van der Waals surface area contributed by atoms with E-state index < -0.39 is 5.54 Å². The molecule has 1 aliphatic heterocycles. The predicted octanol–water partition coefficient (Wildman–Crippen LogP) is 3.49. The molecule has 0 saturated heterocycles. The lowest BCUT2D eigenvalue weighted by molar-refractivity contribution is 0.174. The van der Waals surface area contributed by atoms with E-state index in [4.69, 9.17) is 18.9 Å². The molecule has 0 unspecified atom stereocenters. The molecule has 26 heavy (non-hydrogen) atoms. The molecular formula is C19H22N2O5. The Morgan fingerprint density at radius 3 is 2.46 bits per heavy atom. The number of anilines is 1. The molecule has 1 heterocycles. The summed E-state index contributed by atoms with van der Waals surface area (Å²) in [5.41, 5.74) is 0.880. The first-order valence-electron chi connectivity index (χ1n) is 8.14. The van der Waals surface area contributed by atoms with Crippen molar-refractivity contribution in [3.63, 3.8) is 0 Å². The van der Waals surface area contributed by atoms with Crippen LogP contribution >= 0.6 is 0 Å². The zero-order chi connectivity index (χ0) is 18.7. The van der Waals surface area contributed by atoms with Crippen LogP contribution in [0.4, 0.5) is 10.5 Å². The Bertz CT molecular complexity index is 820. The second kappa shape index (κ2) is 7.03. The molecule has 2 amide bonds. The van der Waals surface area contributed by atoms with Crippen LogP contribution in [0, 0.1) is 0 Å². The molecule has 3 rings (SSSR count). The summed E-state index contributed by atoms with van der Waals surface area (Å²) in [6, 6.07) is 10.5. The lowest BCUT2D eigenvalue weighted by Gasteiger charge is -2.27. The number of hydrogen-bond donors (Lipinski definition) is 2. The molecule has 138 valence electrons. The first kappa shape index (κ1) is 17.7. The van der Waals surface area contributed by atoms with E-state index in [1.165, 1.54) is 0 Å². The quantitative estimate of drug-likeness (QED) is 0.855. The second-order valence-electron chi connectivity index (χ2n) is 6.34. The van der Waals surface area contributed by atoms with Gasteiger partial charge in [-0.15, -0.1) is 0 Å². The Kier molecular flexibility index (Phi) is 4.79. The fraction of sp³-hybridized carbons (Fsp3) is 0.316. The molecule has 0 bridgehead atoms. The molecule has 2 aromatic carbocycles. The van der Waals surface area contributed by atoms with Gasteiger partial charge in [-0.2, -0.15) is 0 Å². The maximum absolute atomic E-state index is 12.4. The van der Waals surface area contributed by atoms with Crippen LogP contribution in [-0.4, -0.2) is 27.0 Å². The van der Waals surface area contributed by atoms with Crippen molar-refractivity contribution in [2.45, 2.75) is 19.4 Å². The van der Waals surface area contributed by atoms with Gasteiger partial charge in [-0.3, -0.25) is 0 Å². The van der Waals surface area contributed by atoms with Crippen molar-refractivity contribution >= 4 is 11.7 Å².